The Hall–Kier alpha value is -3.48. The van der Waals surface area contributed by atoms with Gasteiger partial charge in [-0.1, -0.05) is 18.2 Å². The summed E-state index contributed by atoms with van der Waals surface area (Å²) in [6.07, 6.45) is 0. The quantitative estimate of drug-likeness (QED) is 0.755. The van der Waals surface area contributed by atoms with Crippen LogP contribution in [0.5, 0.6) is 0 Å². The molecule has 0 aliphatic heterocycles. The van der Waals surface area contributed by atoms with E-state index in [0.29, 0.717) is 11.2 Å². The number of anilines is 1. The van der Waals surface area contributed by atoms with E-state index in [-0.39, 0.29) is 12.1 Å². The van der Waals surface area contributed by atoms with E-state index in [0.717, 1.165) is 10.3 Å². The Morgan fingerprint density at radius 2 is 1.81 bits per heavy atom. The van der Waals surface area contributed by atoms with Gasteiger partial charge in [-0.25, -0.2) is 4.39 Å². The predicted molar refractivity (Wildman–Crippen MR) is 96.6 cm³/mol. The third kappa shape index (κ3) is 3.77. The fourth-order valence-corrected chi connectivity index (χ4v) is 2.53. The Kier molecular flexibility index (Phi) is 4.79. The molecule has 0 aliphatic rings. The van der Waals surface area contributed by atoms with Crippen LogP contribution in [0.2, 0.25) is 0 Å². The van der Waals surface area contributed by atoms with Crippen LogP contribution >= 0.6 is 0 Å². The van der Waals surface area contributed by atoms with Crippen molar-refractivity contribution < 1.29 is 14.0 Å². The lowest BCUT2D eigenvalue weighted by Gasteiger charge is -2.16. The van der Waals surface area contributed by atoms with Crippen molar-refractivity contribution in [1.82, 2.24) is 9.88 Å². The lowest BCUT2D eigenvalue weighted by molar-refractivity contribution is -0.116. The van der Waals surface area contributed by atoms with E-state index in [1.807, 2.05) is 0 Å². The standard InChI is InChI=1S/C19H16FN3O3/c1-23(11-17(24)21-14-8-6-13(20)7-9-14)19(26)15-10-12-4-2-3-5-16(12)22-18(15)25/h2-10H,11H2,1H3,(H,21,24)(H,22,25). The van der Waals surface area contributed by atoms with E-state index >= 15 is 0 Å². The van der Waals surface area contributed by atoms with Crippen LogP contribution in [0.3, 0.4) is 0 Å². The van der Waals surface area contributed by atoms with E-state index in [4.69, 9.17) is 0 Å². The Bertz CT molecular complexity index is 1030. The molecule has 0 saturated heterocycles. The number of hydrogen-bond acceptors (Lipinski definition) is 3. The highest BCUT2D eigenvalue weighted by Crippen LogP contribution is 2.12. The summed E-state index contributed by atoms with van der Waals surface area (Å²) in [5.41, 5.74) is 0.492. The van der Waals surface area contributed by atoms with Gasteiger partial charge in [-0.05, 0) is 41.8 Å². The smallest absolute Gasteiger partial charge is 0.261 e. The van der Waals surface area contributed by atoms with Crippen LogP contribution in [0.1, 0.15) is 10.4 Å². The topological polar surface area (TPSA) is 82.3 Å². The van der Waals surface area contributed by atoms with E-state index in [1.165, 1.54) is 37.4 Å². The summed E-state index contributed by atoms with van der Waals surface area (Å²) < 4.78 is 12.9. The van der Waals surface area contributed by atoms with Gasteiger partial charge in [-0.3, -0.25) is 14.4 Å². The number of halogens is 1. The summed E-state index contributed by atoms with van der Waals surface area (Å²) in [6.45, 7) is -0.248. The van der Waals surface area contributed by atoms with Gasteiger partial charge in [-0.2, -0.15) is 0 Å². The van der Waals surface area contributed by atoms with Crippen LogP contribution in [0.4, 0.5) is 10.1 Å². The van der Waals surface area contributed by atoms with Gasteiger partial charge in [0.15, 0.2) is 0 Å². The SMILES string of the molecule is CN(CC(=O)Nc1ccc(F)cc1)C(=O)c1cc2ccccc2[nH]c1=O. The van der Waals surface area contributed by atoms with Crippen LogP contribution in [0, 0.1) is 5.82 Å². The van der Waals surface area contributed by atoms with Gasteiger partial charge in [0.25, 0.3) is 11.5 Å². The third-order valence-electron chi connectivity index (χ3n) is 3.84. The van der Waals surface area contributed by atoms with Crippen molar-refractivity contribution in [2.75, 3.05) is 18.9 Å². The van der Waals surface area contributed by atoms with Gasteiger partial charge in [0.05, 0.1) is 6.54 Å². The molecule has 132 valence electrons. The molecule has 0 spiro atoms. The summed E-state index contributed by atoms with van der Waals surface area (Å²) in [6, 6.07) is 13.9. The van der Waals surface area contributed by atoms with Gasteiger partial charge in [0.1, 0.15) is 11.4 Å². The van der Waals surface area contributed by atoms with E-state index in [1.54, 1.807) is 24.3 Å². The second-order valence-corrected chi connectivity index (χ2v) is 5.82. The van der Waals surface area contributed by atoms with E-state index < -0.39 is 23.2 Å². The number of aromatic nitrogens is 1. The summed E-state index contributed by atoms with van der Waals surface area (Å²) in [4.78, 5) is 40.5. The first-order valence-corrected chi connectivity index (χ1v) is 7.87. The fourth-order valence-electron chi connectivity index (χ4n) is 2.53. The molecule has 0 saturated carbocycles. The number of pyridine rings is 1. The summed E-state index contributed by atoms with van der Waals surface area (Å²) in [5.74, 6) is -1.43. The maximum Gasteiger partial charge on any atom is 0.261 e. The van der Waals surface area contributed by atoms with Crippen molar-refractivity contribution in [2.45, 2.75) is 0 Å². The zero-order valence-electron chi connectivity index (χ0n) is 14.0. The van der Waals surface area contributed by atoms with Crippen LogP contribution in [-0.2, 0) is 4.79 Å². The second kappa shape index (κ2) is 7.18. The van der Waals surface area contributed by atoms with Crippen LogP contribution < -0.4 is 10.9 Å². The molecule has 3 aromatic rings. The number of likely N-dealkylation sites (N-methyl/N-ethyl adjacent to an activating group) is 1. The zero-order valence-corrected chi connectivity index (χ0v) is 14.0. The molecular weight excluding hydrogens is 337 g/mol. The minimum Gasteiger partial charge on any atom is -0.332 e. The molecule has 0 bridgehead atoms. The molecule has 1 heterocycles. The Balaban J connectivity index is 1.73. The monoisotopic (exact) mass is 353 g/mol. The number of rotatable bonds is 4. The number of carbonyl (C=O) groups is 2. The number of hydrogen-bond donors (Lipinski definition) is 2. The van der Waals surface area contributed by atoms with Crippen LogP contribution in [0.25, 0.3) is 10.9 Å². The molecule has 6 nitrogen and oxygen atoms in total. The number of carbonyl (C=O) groups excluding carboxylic acids is 2. The van der Waals surface area contributed by atoms with Crippen molar-refractivity contribution in [1.29, 1.82) is 0 Å². The van der Waals surface area contributed by atoms with Gasteiger partial charge >= 0.3 is 0 Å². The predicted octanol–water partition coefficient (Wildman–Crippen LogP) is 2.38. The van der Waals surface area contributed by atoms with Gasteiger partial charge in [0.2, 0.25) is 5.91 Å². The number of amides is 2. The zero-order chi connectivity index (χ0) is 18.7. The van der Waals surface area contributed by atoms with Crippen molar-refractivity contribution in [3.05, 3.63) is 76.3 Å². The molecule has 0 radical (unpaired) electrons. The third-order valence-corrected chi connectivity index (χ3v) is 3.84. The van der Waals surface area contributed by atoms with Crippen molar-refractivity contribution in [2.24, 2.45) is 0 Å². The summed E-state index contributed by atoms with van der Waals surface area (Å²) >= 11 is 0. The molecule has 2 amide bonds. The first-order valence-electron chi connectivity index (χ1n) is 7.87. The molecule has 7 heteroatoms. The lowest BCUT2D eigenvalue weighted by Crippen LogP contribution is -2.37. The number of fused-ring (bicyclic) bond motifs is 1. The molecule has 0 unspecified atom stereocenters. The first kappa shape index (κ1) is 17.3. The second-order valence-electron chi connectivity index (χ2n) is 5.82. The maximum absolute atomic E-state index is 12.9. The van der Waals surface area contributed by atoms with Gasteiger partial charge < -0.3 is 15.2 Å². The molecule has 0 atom stereocenters. The Morgan fingerprint density at radius 1 is 1.12 bits per heavy atom. The molecule has 1 aromatic heterocycles. The lowest BCUT2D eigenvalue weighted by atomic mass is 10.1. The molecule has 26 heavy (non-hydrogen) atoms. The number of aromatic amines is 1. The molecule has 2 aromatic carbocycles. The number of benzene rings is 2. The highest BCUT2D eigenvalue weighted by atomic mass is 19.1. The maximum atomic E-state index is 12.9. The minimum atomic E-state index is -0.564. The molecule has 3 rings (SSSR count). The fraction of sp³-hybridized carbons (Fsp3) is 0.105. The number of nitrogens with zero attached hydrogens (tertiary/aromatic N) is 1. The number of H-pyrrole nitrogens is 1. The highest BCUT2D eigenvalue weighted by Gasteiger charge is 2.18. The van der Waals surface area contributed by atoms with Crippen molar-refractivity contribution >= 4 is 28.4 Å². The average molecular weight is 353 g/mol. The molecule has 0 fully saturated rings. The molecule has 0 aliphatic carbocycles. The summed E-state index contributed by atoms with van der Waals surface area (Å²) in [7, 11) is 1.43. The summed E-state index contributed by atoms with van der Waals surface area (Å²) in [5, 5.41) is 3.29. The van der Waals surface area contributed by atoms with Crippen molar-refractivity contribution in [3.63, 3.8) is 0 Å². The van der Waals surface area contributed by atoms with Crippen molar-refractivity contribution in [3.8, 4) is 0 Å². The average Bonchev–Trinajstić information content (AvgIpc) is 2.62. The number of nitrogens with one attached hydrogen (secondary N) is 2. The van der Waals surface area contributed by atoms with E-state index in [2.05, 4.69) is 10.3 Å². The van der Waals surface area contributed by atoms with Gasteiger partial charge in [-0.15, -0.1) is 0 Å². The normalized spacial score (nSPS) is 10.5. The molecule has 2 N–H and O–H groups in total. The van der Waals surface area contributed by atoms with Crippen LogP contribution in [-0.4, -0.2) is 35.3 Å². The number of para-hydroxylation sites is 1. The van der Waals surface area contributed by atoms with E-state index in [9.17, 15) is 18.8 Å². The van der Waals surface area contributed by atoms with Crippen LogP contribution in [0.15, 0.2) is 59.4 Å². The molecular formula is C19H16FN3O3. The largest absolute Gasteiger partial charge is 0.332 e. The Morgan fingerprint density at radius 3 is 2.54 bits per heavy atom. The minimum absolute atomic E-state index is 0.0409. The first-order chi connectivity index (χ1) is 12.4. The Labute approximate surface area is 148 Å². The highest BCUT2D eigenvalue weighted by molar-refractivity contribution is 6.00. The van der Waals surface area contributed by atoms with Gasteiger partial charge in [0, 0.05) is 18.3 Å².